The SMILES string of the molecule is O=[N+]([O-])c1ccc(S(=O)(=O)Nc2ccccc2O)cc1. The van der Waals surface area contributed by atoms with E-state index in [2.05, 4.69) is 4.72 Å². The van der Waals surface area contributed by atoms with E-state index in [9.17, 15) is 23.6 Å². The van der Waals surface area contributed by atoms with Crippen LogP contribution in [-0.4, -0.2) is 18.4 Å². The second-order valence-corrected chi connectivity index (χ2v) is 5.56. The molecule has 2 N–H and O–H groups in total. The van der Waals surface area contributed by atoms with E-state index in [1.165, 1.54) is 12.1 Å². The number of non-ortho nitro benzene ring substituents is 1. The summed E-state index contributed by atoms with van der Waals surface area (Å²) in [6.45, 7) is 0. The monoisotopic (exact) mass is 294 g/mol. The first-order chi connectivity index (χ1) is 9.40. The van der Waals surface area contributed by atoms with E-state index in [1.54, 1.807) is 12.1 Å². The maximum atomic E-state index is 12.0. The molecular weight excluding hydrogens is 284 g/mol. The number of anilines is 1. The molecule has 0 heterocycles. The molecule has 0 radical (unpaired) electrons. The Labute approximate surface area is 114 Å². The van der Waals surface area contributed by atoms with E-state index in [4.69, 9.17) is 0 Å². The fraction of sp³-hybridized carbons (Fsp3) is 0. The number of para-hydroxylation sites is 2. The first-order valence-electron chi connectivity index (χ1n) is 5.45. The molecule has 7 nitrogen and oxygen atoms in total. The maximum absolute atomic E-state index is 12.0. The third kappa shape index (κ3) is 2.86. The summed E-state index contributed by atoms with van der Waals surface area (Å²) in [5.74, 6) is -0.210. The second kappa shape index (κ2) is 5.17. The highest BCUT2D eigenvalue weighted by Gasteiger charge is 2.17. The van der Waals surface area contributed by atoms with Crippen molar-refractivity contribution in [1.29, 1.82) is 0 Å². The molecule has 2 aromatic rings. The van der Waals surface area contributed by atoms with Gasteiger partial charge in [0.2, 0.25) is 0 Å². The average molecular weight is 294 g/mol. The van der Waals surface area contributed by atoms with Crippen molar-refractivity contribution in [1.82, 2.24) is 0 Å². The highest BCUT2D eigenvalue weighted by molar-refractivity contribution is 7.92. The van der Waals surface area contributed by atoms with Crippen molar-refractivity contribution in [3.63, 3.8) is 0 Å². The Hall–Kier alpha value is -2.61. The van der Waals surface area contributed by atoms with Crippen LogP contribution in [0.15, 0.2) is 53.4 Å². The van der Waals surface area contributed by atoms with Gasteiger partial charge in [-0.15, -0.1) is 0 Å². The number of aromatic hydroxyl groups is 1. The summed E-state index contributed by atoms with van der Waals surface area (Å²) < 4.78 is 26.3. The van der Waals surface area contributed by atoms with Gasteiger partial charge in [-0.25, -0.2) is 8.42 Å². The molecule has 0 aromatic heterocycles. The molecule has 0 spiro atoms. The molecule has 0 aliphatic carbocycles. The zero-order valence-electron chi connectivity index (χ0n) is 10.1. The van der Waals surface area contributed by atoms with Crippen molar-refractivity contribution in [3.05, 3.63) is 58.6 Å². The summed E-state index contributed by atoms with van der Waals surface area (Å²) >= 11 is 0. The molecule has 2 rings (SSSR count). The number of benzene rings is 2. The van der Waals surface area contributed by atoms with Crippen LogP contribution in [0, 0.1) is 10.1 Å². The first-order valence-corrected chi connectivity index (χ1v) is 6.94. The van der Waals surface area contributed by atoms with Crippen LogP contribution in [0.5, 0.6) is 5.75 Å². The maximum Gasteiger partial charge on any atom is 0.269 e. The molecule has 2 aromatic carbocycles. The summed E-state index contributed by atoms with van der Waals surface area (Å²) in [4.78, 5) is 9.75. The lowest BCUT2D eigenvalue weighted by atomic mass is 10.3. The predicted octanol–water partition coefficient (Wildman–Crippen LogP) is 2.10. The standard InChI is InChI=1S/C12H10N2O5S/c15-12-4-2-1-3-11(12)13-20(18,19)10-7-5-9(6-8-10)14(16)17/h1-8,13,15H. The first kappa shape index (κ1) is 13.8. The largest absolute Gasteiger partial charge is 0.506 e. The quantitative estimate of drug-likeness (QED) is 0.510. The van der Waals surface area contributed by atoms with Gasteiger partial charge in [-0.3, -0.25) is 14.8 Å². The Morgan fingerprint density at radius 2 is 1.65 bits per heavy atom. The lowest BCUT2D eigenvalue weighted by molar-refractivity contribution is -0.384. The predicted molar refractivity (Wildman–Crippen MR) is 72.0 cm³/mol. The molecule has 0 saturated carbocycles. The molecule has 0 fully saturated rings. The molecule has 0 aliphatic rings. The van der Waals surface area contributed by atoms with Crippen molar-refractivity contribution in [2.24, 2.45) is 0 Å². The van der Waals surface area contributed by atoms with Crippen LogP contribution < -0.4 is 4.72 Å². The van der Waals surface area contributed by atoms with Crippen LogP contribution in [0.3, 0.4) is 0 Å². The van der Waals surface area contributed by atoms with Crippen molar-refractivity contribution in [3.8, 4) is 5.75 Å². The minimum atomic E-state index is -3.91. The molecule has 8 heteroatoms. The topological polar surface area (TPSA) is 110 Å². The van der Waals surface area contributed by atoms with Gasteiger partial charge >= 0.3 is 0 Å². The number of nitrogens with one attached hydrogen (secondary N) is 1. The van der Waals surface area contributed by atoms with E-state index >= 15 is 0 Å². The van der Waals surface area contributed by atoms with Crippen molar-refractivity contribution >= 4 is 21.4 Å². The van der Waals surface area contributed by atoms with E-state index in [1.807, 2.05) is 0 Å². The number of sulfonamides is 1. The number of nitro groups is 1. The third-order valence-electron chi connectivity index (χ3n) is 2.51. The summed E-state index contributed by atoms with van der Waals surface area (Å²) in [6, 6.07) is 10.3. The highest BCUT2D eigenvalue weighted by Crippen LogP contribution is 2.25. The summed E-state index contributed by atoms with van der Waals surface area (Å²) in [5.41, 5.74) is -0.169. The van der Waals surface area contributed by atoms with E-state index in [0.29, 0.717) is 0 Å². The van der Waals surface area contributed by atoms with Gasteiger partial charge in [-0.1, -0.05) is 12.1 Å². The molecule has 0 atom stereocenters. The van der Waals surface area contributed by atoms with Gasteiger partial charge < -0.3 is 5.11 Å². The normalized spacial score (nSPS) is 11.0. The molecule has 104 valence electrons. The van der Waals surface area contributed by atoms with Gasteiger partial charge in [0.1, 0.15) is 5.75 Å². The number of phenolic OH excluding ortho intramolecular Hbond substituents is 1. The number of rotatable bonds is 4. The van der Waals surface area contributed by atoms with Crippen molar-refractivity contribution < 1.29 is 18.4 Å². The molecule has 0 bridgehead atoms. The summed E-state index contributed by atoms with van der Waals surface area (Å²) in [6.07, 6.45) is 0. The van der Waals surface area contributed by atoms with Crippen LogP contribution in [0.2, 0.25) is 0 Å². The van der Waals surface area contributed by atoms with Crippen LogP contribution >= 0.6 is 0 Å². The second-order valence-electron chi connectivity index (χ2n) is 3.87. The highest BCUT2D eigenvalue weighted by atomic mass is 32.2. The molecule has 20 heavy (non-hydrogen) atoms. The van der Waals surface area contributed by atoms with Gasteiger partial charge in [-0.05, 0) is 24.3 Å². The van der Waals surface area contributed by atoms with Crippen molar-refractivity contribution in [2.45, 2.75) is 4.90 Å². The number of hydrogen-bond acceptors (Lipinski definition) is 5. The minimum Gasteiger partial charge on any atom is -0.506 e. The van der Waals surface area contributed by atoms with Gasteiger partial charge in [-0.2, -0.15) is 0 Å². The molecule has 0 amide bonds. The zero-order chi connectivity index (χ0) is 14.8. The lowest BCUT2D eigenvalue weighted by Crippen LogP contribution is -2.12. The lowest BCUT2D eigenvalue weighted by Gasteiger charge is -2.09. The molecule has 0 unspecified atom stereocenters. The van der Waals surface area contributed by atoms with Gasteiger partial charge in [0.05, 0.1) is 15.5 Å². The van der Waals surface area contributed by atoms with Crippen LogP contribution in [0.1, 0.15) is 0 Å². The van der Waals surface area contributed by atoms with Crippen LogP contribution in [-0.2, 0) is 10.0 Å². The van der Waals surface area contributed by atoms with E-state index in [0.717, 1.165) is 24.3 Å². The van der Waals surface area contributed by atoms with Crippen molar-refractivity contribution in [2.75, 3.05) is 4.72 Å². The minimum absolute atomic E-state index is 0.0332. The fourth-order valence-corrected chi connectivity index (χ4v) is 2.59. The Morgan fingerprint density at radius 1 is 1.05 bits per heavy atom. The smallest absolute Gasteiger partial charge is 0.269 e. The number of phenols is 1. The summed E-state index contributed by atoms with van der Waals surface area (Å²) in [5, 5.41) is 20.0. The molecule has 0 aliphatic heterocycles. The Morgan fingerprint density at radius 3 is 2.20 bits per heavy atom. The van der Waals surface area contributed by atoms with Gasteiger partial charge in [0, 0.05) is 12.1 Å². The van der Waals surface area contributed by atoms with Gasteiger partial charge in [0.15, 0.2) is 0 Å². The Bertz CT molecular complexity index is 741. The van der Waals surface area contributed by atoms with Crippen LogP contribution in [0.25, 0.3) is 0 Å². The number of nitro benzene ring substituents is 1. The zero-order valence-corrected chi connectivity index (χ0v) is 10.9. The number of hydrogen-bond donors (Lipinski definition) is 2. The Kier molecular flexibility index (Phi) is 3.57. The van der Waals surface area contributed by atoms with Crippen LogP contribution in [0.4, 0.5) is 11.4 Å². The molecule has 0 saturated heterocycles. The number of nitrogens with zero attached hydrogens (tertiary/aromatic N) is 1. The van der Waals surface area contributed by atoms with E-state index < -0.39 is 14.9 Å². The van der Waals surface area contributed by atoms with Gasteiger partial charge in [0.25, 0.3) is 15.7 Å². The summed E-state index contributed by atoms with van der Waals surface area (Å²) in [7, 11) is -3.91. The Balaban J connectivity index is 2.31. The average Bonchev–Trinajstić information content (AvgIpc) is 2.41. The van der Waals surface area contributed by atoms with E-state index in [-0.39, 0.29) is 22.0 Å². The third-order valence-corrected chi connectivity index (χ3v) is 3.89. The molecular formula is C12H10N2O5S. The fourth-order valence-electron chi connectivity index (χ4n) is 1.51.